The minimum Gasteiger partial charge on any atom is -0.459 e. The Labute approximate surface area is 487 Å². The van der Waals surface area contributed by atoms with Crippen LogP contribution in [0.2, 0.25) is 0 Å². The van der Waals surface area contributed by atoms with E-state index in [0.717, 1.165) is 43.3 Å². The van der Waals surface area contributed by atoms with Gasteiger partial charge in [-0.2, -0.15) is 0 Å². The first-order chi connectivity index (χ1) is 39.8. The Bertz CT molecular complexity index is 2540. The largest absolute Gasteiger partial charge is 0.459 e. The number of carbonyl (C=O) groups excluding carboxylic acids is 2. The minimum atomic E-state index is -0.942. The average Bonchev–Trinajstić information content (AvgIpc) is 4.38. The van der Waals surface area contributed by atoms with Crippen LogP contribution in [0, 0.1) is 23.7 Å². The molecule has 16 aliphatic rings. The standard InChI is InChI=1S/C63H89NO19/c1-9-16-68-59(67)64-28-48-38(65)20-45-51(74-48)31(4)23-62(79-45)24-32(5)52-47(80-62)26-63(81-52)25-46-42(78-63)22-44-53(73-46)34(7)54-43(72-44)21-41-33(6)29(2)17-35(70-41)10-12-39-30(3)18-37(69-39)14-15-61-27-49-60(8,83-61)58-57(76-49)56(82-61)55-40(75-58)13-11-36(71-55)19-50(66)77-54/h9,29,31-32,34-49,51-58,65H,1,3,6,10-28H2,2,4-5,7-8H3,(H,64,67)/t29-,31+,32+,34+,35+,36-,37+,38-,39+,40+,41-,42-,43+,44+,45+,46-,47+,48-,49-,51+,52+,53+,54-,55+,56+,57+,58-,60+,61-,62-,63+/m1/s1. The van der Waals surface area contributed by atoms with E-state index in [4.69, 9.17) is 75.8 Å². The molecule has 16 heterocycles. The molecule has 3 spiro atoms. The zero-order chi connectivity index (χ0) is 57.1. The van der Waals surface area contributed by atoms with Gasteiger partial charge in [0, 0.05) is 70.3 Å². The molecule has 0 unspecified atom stereocenters. The lowest BCUT2D eigenvalue weighted by molar-refractivity contribution is -0.370. The van der Waals surface area contributed by atoms with Crippen molar-refractivity contribution < 1.29 is 90.5 Å². The van der Waals surface area contributed by atoms with Gasteiger partial charge in [0.2, 0.25) is 0 Å². The van der Waals surface area contributed by atoms with Crippen LogP contribution in [0.5, 0.6) is 0 Å². The molecule has 20 heteroatoms. The smallest absolute Gasteiger partial charge is 0.407 e. The number of aliphatic hydroxyl groups excluding tert-OH is 1. The van der Waals surface area contributed by atoms with Gasteiger partial charge >= 0.3 is 12.1 Å². The number of fused-ring (bicyclic) bond motifs is 10. The first-order valence-corrected chi connectivity index (χ1v) is 31.9. The van der Waals surface area contributed by atoms with Crippen LogP contribution in [0.15, 0.2) is 37.0 Å². The maximum Gasteiger partial charge on any atom is 0.407 e. The summed E-state index contributed by atoms with van der Waals surface area (Å²) in [7, 11) is 0. The van der Waals surface area contributed by atoms with Crippen LogP contribution in [0.3, 0.4) is 0 Å². The fourth-order valence-corrected chi connectivity index (χ4v) is 18.5. The SMILES string of the molecule is C=CCOC(=O)NC[C@H]1O[C@@H]2[C@H](C[C@H]1O)O[C@@]1(C[C@@H]2C)C[C@H](C)[C@@H]2O[C@]3(C[C@@H]2O1)C[C@H]1O[C@H]2[C@H](C)[C@H]4OC(=O)C[C@H]5CC[C@@H]6O[C@@H]7[C@H]8O[C@@H]9C[C@](CC[C@H]%10CC(=C)[C@H](CC[C@H]%11C[C@@H](C)C(=C)[C@@H](C[C@@H]4O[C@H]2C[C@H]1O3)O%11)O%10)(O[C@H]8[C@H]6O5)O[C@]79C. The number of amides is 1. The second-order valence-corrected chi connectivity index (χ2v) is 28.3. The third kappa shape index (κ3) is 9.96. The van der Waals surface area contributed by atoms with Gasteiger partial charge in [0.15, 0.2) is 17.4 Å². The lowest BCUT2D eigenvalue weighted by Gasteiger charge is -2.54. The minimum absolute atomic E-state index is 0.000302. The van der Waals surface area contributed by atoms with Gasteiger partial charge in [-0.15, -0.1) is 0 Å². The van der Waals surface area contributed by atoms with Crippen LogP contribution >= 0.6 is 0 Å². The molecular weight excluding hydrogens is 1070 g/mol. The topological polar surface area (TPSA) is 214 Å². The molecule has 2 N–H and O–H groups in total. The summed E-state index contributed by atoms with van der Waals surface area (Å²) in [5, 5.41) is 13.9. The van der Waals surface area contributed by atoms with E-state index in [9.17, 15) is 14.7 Å². The summed E-state index contributed by atoms with van der Waals surface area (Å²) in [5.41, 5.74) is 1.50. The van der Waals surface area contributed by atoms with E-state index in [1.165, 1.54) is 6.08 Å². The third-order valence-electron chi connectivity index (χ3n) is 22.5. The lowest BCUT2D eigenvalue weighted by Crippen LogP contribution is -2.63. The summed E-state index contributed by atoms with van der Waals surface area (Å²) in [6.07, 6.45) is 3.30. The first-order valence-electron chi connectivity index (χ1n) is 31.9. The van der Waals surface area contributed by atoms with Crippen LogP contribution in [-0.4, -0.2) is 194 Å². The first kappa shape index (κ1) is 56.8. The van der Waals surface area contributed by atoms with Crippen LogP contribution in [-0.2, 0) is 80.6 Å². The van der Waals surface area contributed by atoms with E-state index in [2.05, 4.69) is 59.7 Å². The molecule has 0 aliphatic carbocycles. The van der Waals surface area contributed by atoms with Crippen molar-refractivity contribution in [2.45, 2.75) is 307 Å². The number of hydrogen-bond acceptors (Lipinski definition) is 19. The molecule has 0 aromatic rings. The van der Waals surface area contributed by atoms with Crippen LogP contribution in [0.4, 0.5) is 4.79 Å². The predicted octanol–water partition coefficient (Wildman–Crippen LogP) is 6.48. The summed E-state index contributed by atoms with van der Waals surface area (Å²) in [6, 6.07) is 0. The molecule has 1 amide bonds. The van der Waals surface area contributed by atoms with E-state index in [-0.39, 0.29) is 141 Å². The highest BCUT2D eigenvalue weighted by atomic mass is 16.8. The number of aliphatic hydroxyl groups is 1. The van der Waals surface area contributed by atoms with E-state index >= 15 is 0 Å². The number of carbonyl (C=O) groups is 2. The fourth-order valence-electron chi connectivity index (χ4n) is 18.5. The predicted molar refractivity (Wildman–Crippen MR) is 290 cm³/mol. The van der Waals surface area contributed by atoms with Crippen molar-refractivity contribution in [3.63, 3.8) is 0 Å². The van der Waals surface area contributed by atoms with Crippen molar-refractivity contribution in [1.82, 2.24) is 5.32 Å². The number of hydrogen-bond donors (Lipinski definition) is 2. The molecule has 16 fully saturated rings. The van der Waals surface area contributed by atoms with Gasteiger partial charge in [0.05, 0.1) is 110 Å². The van der Waals surface area contributed by atoms with Gasteiger partial charge < -0.3 is 86.2 Å². The molecule has 16 aliphatic heterocycles. The number of ether oxygens (including phenoxy) is 16. The molecule has 460 valence electrons. The molecule has 12 bridgehead atoms. The van der Waals surface area contributed by atoms with Crippen molar-refractivity contribution >= 4 is 12.1 Å². The monoisotopic (exact) mass is 1160 g/mol. The van der Waals surface area contributed by atoms with Crippen LogP contribution < -0.4 is 5.32 Å². The highest BCUT2D eigenvalue weighted by Gasteiger charge is 2.74. The third-order valence-corrected chi connectivity index (χ3v) is 22.5. The summed E-state index contributed by atoms with van der Waals surface area (Å²) in [5.74, 6) is -2.97. The molecule has 0 radical (unpaired) electrons. The number of nitrogens with one attached hydrogen (secondary N) is 1. The highest BCUT2D eigenvalue weighted by molar-refractivity contribution is 5.70. The van der Waals surface area contributed by atoms with Crippen molar-refractivity contribution in [2.75, 3.05) is 13.2 Å². The second kappa shape index (κ2) is 21.3. The Kier molecular flexibility index (Phi) is 14.6. The Morgan fingerprint density at radius 1 is 0.627 bits per heavy atom. The van der Waals surface area contributed by atoms with Crippen LogP contribution in [0.1, 0.15) is 144 Å². The summed E-state index contributed by atoms with van der Waals surface area (Å²) < 4.78 is 109. The number of rotatable bonds is 4. The Morgan fingerprint density at radius 2 is 1.36 bits per heavy atom. The average molecular weight is 1160 g/mol. The summed E-state index contributed by atoms with van der Waals surface area (Å²) >= 11 is 0. The molecule has 83 heavy (non-hydrogen) atoms. The van der Waals surface area contributed by atoms with E-state index in [0.29, 0.717) is 70.6 Å². The number of alkyl carbamates (subject to hydrolysis) is 1. The van der Waals surface area contributed by atoms with Crippen molar-refractivity contribution in [3.8, 4) is 0 Å². The Hall–Kier alpha value is -2.64. The van der Waals surface area contributed by atoms with Gasteiger partial charge in [-0.25, -0.2) is 4.79 Å². The normalized spacial score (nSPS) is 56.0. The Balaban J connectivity index is 0.643. The molecule has 0 aromatic heterocycles. The van der Waals surface area contributed by atoms with Crippen LogP contribution in [0.25, 0.3) is 0 Å². The van der Waals surface area contributed by atoms with Crippen molar-refractivity contribution in [1.29, 1.82) is 0 Å². The quantitative estimate of drug-likeness (QED) is 0.228. The fraction of sp³-hybridized carbons (Fsp3) is 0.873. The molecule has 16 rings (SSSR count). The van der Waals surface area contributed by atoms with Gasteiger partial charge in [-0.1, -0.05) is 53.5 Å². The van der Waals surface area contributed by atoms with Gasteiger partial charge in [-0.05, 0) is 80.8 Å². The maximum atomic E-state index is 14.6. The Morgan fingerprint density at radius 3 is 2.20 bits per heavy atom. The molecule has 16 saturated heterocycles. The molecule has 0 saturated carbocycles. The van der Waals surface area contributed by atoms with E-state index in [1.54, 1.807) is 0 Å². The van der Waals surface area contributed by atoms with Gasteiger partial charge in [0.25, 0.3) is 0 Å². The lowest BCUT2D eigenvalue weighted by atomic mass is 9.78. The highest BCUT2D eigenvalue weighted by Crippen LogP contribution is 2.60. The summed E-state index contributed by atoms with van der Waals surface area (Å²) in [4.78, 5) is 26.8. The zero-order valence-corrected chi connectivity index (χ0v) is 49.0. The number of esters is 1. The second-order valence-electron chi connectivity index (χ2n) is 28.3. The molecule has 20 nitrogen and oxygen atoms in total. The maximum absolute atomic E-state index is 14.6. The molecule has 31 atom stereocenters. The van der Waals surface area contributed by atoms with Crippen molar-refractivity contribution in [2.24, 2.45) is 23.7 Å². The van der Waals surface area contributed by atoms with E-state index in [1.807, 2.05) is 0 Å². The van der Waals surface area contributed by atoms with Gasteiger partial charge in [0.1, 0.15) is 48.8 Å². The zero-order valence-electron chi connectivity index (χ0n) is 49.0. The van der Waals surface area contributed by atoms with Gasteiger partial charge in [-0.3, -0.25) is 4.79 Å². The van der Waals surface area contributed by atoms with E-state index < -0.39 is 77.9 Å². The molecule has 0 aromatic carbocycles. The molecular formula is C63H89NO19. The van der Waals surface area contributed by atoms with Crippen molar-refractivity contribution in [3.05, 3.63) is 37.0 Å². The summed E-state index contributed by atoms with van der Waals surface area (Å²) in [6.45, 7) is 23.7.